The van der Waals surface area contributed by atoms with Crippen LogP contribution in [0.1, 0.15) is 9.68 Å². The van der Waals surface area contributed by atoms with Gasteiger partial charge in [0.05, 0.1) is 0 Å². The molecule has 0 spiro atoms. The van der Waals surface area contributed by atoms with Crippen molar-refractivity contribution in [1.82, 2.24) is 4.98 Å². The van der Waals surface area contributed by atoms with Crippen molar-refractivity contribution in [3.63, 3.8) is 0 Å². The average molecular weight is 112 g/mol. The number of H-pyrrole nitrogens is 1. The molecule has 0 saturated carbocycles. The van der Waals surface area contributed by atoms with E-state index in [4.69, 9.17) is 4.11 Å². The van der Waals surface area contributed by atoms with Gasteiger partial charge in [0.2, 0.25) is 5.56 Å². The van der Waals surface area contributed by atoms with Gasteiger partial charge in [-0.2, -0.15) is 0 Å². The van der Waals surface area contributed by atoms with Crippen LogP contribution in [-0.4, -0.2) is 4.98 Å². The standard InChI is InChI=1S/C6H7NO/c1-5-2-3-7-6(8)4-5/h2-4H,1H3,(H,7,8)/i1D3. The Balaban J connectivity index is 3.16. The summed E-state index contributed by atoms with van der Waals surface area (Å²) in [6, 6.07) is 2.45. The summed E-state index contributed by atoms with van der Waals surface area (Å²) in [5.41, 5.74) is -0.320. The van der Waals surface area contributed by atoms with Crippen LogP contribution in [-0.2, 0) is 0 Å². The van der Waals surface area contributed by atoms with Crippen molar-refractivity contribution in [2.24, 2.45) is 0 Å². The lowest BCUT2D eigenvalue weighted by atomic mass is 10.3. The van der Waals surface area contributed by atoms with Crippen LogP contribution in [0.4, 0.5) is 0 Å². The molecule has 0 aliphatic rings. The number of aryl methyl sites for hydroxylation is 1. The first kappa shape index (κ1) is 2.49. The van der Waals surface area contributed by atoms with Gasteiger partial charge in [0, 0.05) is 16.4 Å². The maximum absolute atomic E-state index is 10.6. The molecule has 0 aliphatic carbocycles. The highest BCUT2D eigenvalue weighted by Gasteiger charge is 1.80. The molecule has 0 bridgehead atoms. The number of hydrogen-bond acceptors (Lipinski definition) is 1. The van der Waals surface area contributed by atoms with Crippen LogP contribution in [0.3, 0.4) is 0 Å². The van der Waals surface area contributed by atoms with Crippen LogP contribution in [0.15, 0.2) is 23.1 Å². The molecule has 0 unspecified atom stereocenters. The molecule has 0 aliphatic heterocycles. The maximum atomic E-state index is 10.6. The van der Waals surface area contributed by atoms with Crippen molar-refractivity contribution in [2.75, 3.05) is 0 Å². The van der Waals surface area contributed by atoms with E-state index in [2.05, 4.69) is 4.98 Å². The lowest BCUT2D eigenvalue weighted by Gasteiger charge is -1.83. The predicted molar refractivity (Wildman–Crippen MR) is 31.8 cm³/mol. The van der Waals surface area contributed by atoms with Crippen molar-refractivity contribution in [1.29, 1.82) is 0 Å². The van der Waals surface area contributed by atoms with Crippen LogP contribution >= 0.6 is 0 Å². The SMILES string of the molecule is [2H]C([2H])([2H])c1cc[nH]c(=O)c1. The number of nitrogens with one attached hydrogen (secondary N) is 1. The third kappa shape index (κ3) is 0.964. The Morgan fingerprint density at radius 2 is 2.75 bits per heavy atom. The van der Waals surface area contributed by atoms with Gasteiger partial charge in [0.1, 0.15) is 0 Å². The monoisotopic (exact) mass is 112 g/mol. The van der Waals surface area contributed by atoms with Crippen molar-refractivity contribution in [3.05, 3.63) is 34.2 Å². The fourth-order valence-electron chi connectivity index (χ4n) is 0.445. The van der Waals surface area contributed by atoms with Crippen LogP contribution in [0.5, 0.6) is 0 Å². The molecule has 0 atom stereocenters. The maximum Gasteiger partial charge on any atom is 0.248 e. The van der Waals surface area contributed by atoms with Crippen molar-refractivity contribution >= 4 is 0 Å². The van der Waals surface area contributed by atoms with Gasteiger partial charge in [-0.3, -0.25) is 4.79 Å². The Hall–Kier alpha value is -1.05. The highest BCUT2D eigenvalue weighted by atomic mass is 16.1. The van der Waals surface area contributed by atoms with Crippen molar-refractivity contribution in [2.45, 2.75) is 6.85 Å². The molecule has 42 valence electrons. The third-order valence-electron chi connectivity index (χ3n) is 0.775. The first-order valence-electron chi connectivity index (χ1n) is 3.69. The Kier molecular flexibility index (Phi) is 0.565. The largest absolute Gasteiger partial charge is 0.329 e. The number of aromatic nitrogens is 1. The van der Waals surface area contributed by atoms with E-state index in [0.29, 0.717) is 0 Å². The first-order chi connectivity index (χ1) is 5.00. The van der Waals surface area contributed by atoms with Gasteiger partial charge in [-0.05, 0) is 18.5 Å². The lowest BCUT2D eigenvalue weighted by Crippen LogP contribution is -2.01. The lowest BCUT2D eigenvalue weighted by molar-refractivity contribution is 1.21. The summed E-state index contributed by atoms with van der Waals surface area (Å²) in [5, 5.41) is 0. The number of pyridine rings is 1. The number of rotatable bonds is 0. The Morgan fingerprint density at radius 1 is 1.88 bits per heavy atom. The van der Waals surface area contributed by atoms with Gasteiger partial charge in [-0.1, -0.05) is 0 Å². The Morgan fingerprint density at radius 3 is 3.25 bits per heavy atom. The van der Waals surface area contributed by atoms with E-state index in [1.54, 1.807) is 0 Å². The zero-order chi connectivity index (χ0) is 8.48. The van der Waals surface area contributed by atoms with E-state index in [1.165, 1.54) is 12.3 Å². The second kappa shape index (κ2) is 1.82. The van der Waals surface area contributed by atoms with Gasteiger partial charge < -0.3 is 4.98 Å². The highest BCUT2D eigenvalue weighted by Crippen LogP contribution is 1.84. The molecule has 1 heterocycles. The van der Waals surface area contributed by atoms with Crippen LogP contribution in [0.2, 0.25) is 0 Å². The normalized spacial score (nSPS) is 16.2. The number of hydrogen-bond donors (Lipinski definition) is 1. The molecule has 2 nitrogen and oxygen atoms in total. The molecule has 0 saturated heterocycles. The minimum absolute atomic E-state index is 0.0706. The molecule has 1 N–H and O–H groups in total. The van der Waals surface area contributed by atoms with E-state index < -0.39 is 12.4 Å². The molecule has 0 radical (unpaired) electrons. The molecule has 8 heavy (non-hydrogen) atoms. The van der Waals surface area contributed by atoms with Crippen LogP contribution < -0.4 is 5.56 Å². The Labute approximate surface area is 51.4 Å². The van der Waals surface area contributed by atoms with Gasteiger partial charge in [0.25, 0.3) is 0 Å². The molecular formula is C6H7NO. The summed E-state index contributed by atoms with van der Waals surface area (Å²) in [6.07, 6.45) is 1.32. The van der Waals surface area contributed by atoms with E-state index in [-0.39, 0.29) is 5.56 Å². The van der Waals surface area contributed by atoms with E-state index in [9.17, 15) is 4.79 Å². The van der Waals surface area contributed by atoms with Crippen molar-refractivity contribution in [3.8, 4) is 0 Å². The zero-order valence-electron chi connectivity index (χ0n) is 7.14. The van der Waals surface area contributed by atoms with E-state index in [0.717, 1.165) is 6.07 Å². The second-order valence-electron chi connectivity index (χ2n) is 1.44. The quantitative estimate of drug-likeness (QED) is 0.526. The van der Waals surface area contributed by atoms with Gasteiger partial charge >= 0.3 is 0 Å². The minimum atomic E-state index is -2.19. The highest BCUT2D eigenvalue weighted by molar-refractivity contribution is 5.06. The topological polar surface area (TPSA) is 32.9 Å². The fraction of sp³-hybridized carbons (Fsp3) is 0.167. The van der Waals surface area contributed by atoms with Crippen molar-refractivity contribution < 1.29 is 4.11 Å². The van der Waals surface area contributed by atoms with E-state index >= 15 is 0 Å². The molecule has 1 aromatic heterocycles. The molecule has 0 amide bonds. The van der Waals surface area contributed by atoms with Gasteiger partial charge in [-0.25, -0.2) is 0 Å². The van der Waals surface area contributed by atoms with Gasteiger partial charge in [0.15, 0.2) is 0 Å². The third-order valence-corrected chi connectivity index (χ3v) is 0.775. The first-order valence-corrected chi connectivity index (χ1v) is 2.19. The Bertz CT molecular complexity index is 301. The summed E-state index contributed by atoms with van der Waals surface area (Å²) in [5.74, 6) is 0. The predicted octanol–water partition coefficient (Wildman–Crippen LogP) is 0.683. The summed E-state index contributed by atoms with van der Waals surface area (Å²) in [7, 11) is 0. The summed E-state index contributed by atoms with van der Waals surface area (Å²) in [4.78, 5) is 13.0. The average Bonchev–Trinajstić information content (AvgIpc) is 1.86. The second-order valence-corrected chi connectivity index (χ2v) is 1.44. The molecule has 0 aromatic carbocycles. The molecule has 0 fully saturated rings. The number of aromatic amines is 1. The molecule has 1 aromatic rings. The van der Waals surface area contributed by atoms with E-state index in [1.807, 2.05) is 0 Å². The fourth-order valence-corrected chi connectivity index (χ4v) is 0.445. The summed E-state index contributed by atoms with van der Waals surface area (Å²) < 4.78 is 20.9. The molecular weight excluding hydrogens is 102 g/mol. The summed E-state index contributed by atoms with van der Waals surface area (Å²) >= 11 is 0. The van der Waals surface area contributed by atoms with Gasteiger partial charge in [-0.15, -0.1) is 0 Å². The molecule has 1 rings (SSSR count). The minimum Gasteiger partial charge on any atom is -0.329 e. The molecule has 2 heteroatoms. The smallest absolute Gasteiger partial charge is 0.248 e. The van der Waals surface area contributed by atoms with Crippen LogP contribution in [0, 0.1) is 6.85 Å². The zero-order valence-corrected chi connectivity index (χ0v) is 4.14. The summed E-state index contributed by atoms with van der Waals surface area (Å²) in [6.45, 7) is -2.19. The van der Waals surface area contributed by atoms with Crippen LogP contribution in [0.25, 0.3) is 0 Å².